The van der Waals surface area contributed by atoms with Crippen LogP contribution in [-0.2, 0) is 6.42 Å². The first-order valence-corrected chi connectivity index (χ1v) is 7.54. The van der Waals surface area contributed by atoms with Crippen LogP contribution in [-0.4, -0.2) is 16.2 Å². The van der Waals surface area contributed by atoms with Gasteiger partial charge < -0.3 is 4.74 Å². The molecule has 0 N–H and O–H groups in total. The van der Waals surface area contributed by atoms with Crippen LogP contribution in [0.25, 0.3) is 16.7 Å². The van der Waals surface area contributed by atoms with Crippen LogP contribution < -0.4 is 10.3 Å². The van der Waals surface area contributed by atoms with Crippen molar-refractivity contribution in [2.75, 3.05) is 6.61 Å². The largest absolute Gasteiger partial charge is 0.492 e. The number of hydrogen-bond donors (Lipinski definition) is 0. The molecular formula is C16H10Cl2N2O2. The van der Waals surface area contributed by atoms with Crippen LogP contribution in [0.15, 0.2) is 41.3 Å². The Morgan fingerprint density at radius 2 is 2.05 bits per heavy atom. The molecule has 0 atom stereocenters. The molecular weight excluding hydrogens is 323 g/mol. The number of fused-ring (bicyclic) bond motifs is 3. The van der Waals surface area contributed by atoms with Crippen LogP contribution in [0.3, 0.4) is 0 Å². The number of pyridine rings is 2. The van der Waals surface area contributed by atoms with Gasteiger partial charge in [0.25, 0.3) is 5.56 Å². The number of benzene rings is 1. The van der Waals surface area contributed by atoms with Crippen molar-refractivity contribution in [3.05, 3.63) is 62.5 Å². The highest BCUT2D eigenvalue weighted by Gasteiger charge is 2.24. The average Bonchev–Trinajstić information content (AvgIpc) is 3.02. The molecule has 6 heteroatoms. The van der Waals surface area contributed by atoms with Crippen molar-refractivity contribution < 1.29 is 4.74 Å². The van der Waals surface area contributed by atoms with Crippen molar-refractivity contribution in [3.63, 3.8) is 0 Å². The first kappa shape index (κ1) is 13.6. The molecule has 0 bridgehead atoms. The molecule has 0 radical (unpaired) electrons. The van der Waals surface area contributed by atoms with E-state index in [-0.39, 0.29) is 5.56 Å². The van der Waals surface area contributed by atoms with E-state index in [9.17, 15) is 4.79 Å². The molecule has 3 aromatic rings. The monoisotopic (exact) mass is 332 g/mol. The number of halogens is 2. The first-order chi connectivity index (χ1) is 10.7. The second-order valence-electron chi connectivity index (χ2n) is 4.99. The zero-order valence-electron chi connectivity index (χ0n) is 11.3. The molecule has 2 aromatic heterocycles. The third-order valence-electron chi connectivity index (χ3n) is 3.75. The summed E-state index contributed by atoms with van der Waals surface area (Å²) in [6.45, 7) is 0.502. The van der Waals surface area contributed by atoms with E-state index in [2.05, 4.69) is 4.98 Å². The molecule has 4 rings (SSSR count). The molecule has 0 saturated carbocycles. The van der Waals surface area contributed by atoms with Crippen molar-refractivity contribution in [1.82, 2.24) is 9.55 Å². The average molecular weight is 333 g/mol. The van der Waals surface area contributed by atoms with E-state index in [1.165, 1.54) is 4.57 Å². The highest BCUT2D eigenvalue weighted by atomic mass is 35.5. The molecule has 0 amide bonds. The van der Waals surface area contributed by atoms with Gasteiger partial charge in [-0.15, -0.1) is 0 Å². The van der Waals surface area contributed by atoms with Gasteiger partial charge in [0.1, 0.15) is 5.75 Å². The van der Waals surface area contributed by atoms with Gasteiger partial charge in [-0.1, -0.05) is 29.3 Å². The molecule has 0 unspecified atom stereocenters. The Balaban J connectivity index is 2.19. The Labute approximate surface area is 135 Å². The van der Waals surface area contributed by atoms with Crippen LogP contribution in [0.2, 0.25) is 10.0 Å². The van der Waals surface area contributed by atoms with Crippen molar-refractivity contribution >= 4 is 34.2 Å². The van der Waals surface area contributed by atoms with Gasteiger partial charge in [0.15, 0.2) is 5.65 Å². The molecule has 3 heterocycles. The molecule has 0 fully saturated rings. The zero-order valence-corrected chi connectivity index (χ0v) is 12.9. The van der Waals surface area contributed by atoms with Gasteiger partial charge in [0.2, 0.25) is 0 Å². The maximum Gasteiger partial charge on any atom is 0.263 e. The lowest BCUT2D eigenvalue weighted by Gasteiger charge is -2.14. The maximum atomic E-state index is 12.9. The number of ether oxygens (including phenoxy) is 1. The lowest BCUT2D eigenvalue weighted by molar-refractivity contribution is 0.360. The Bertz CT molecular complexity index is 966. The van der Waals surface area contributed by atoms with Crippen LogP contribution in [0.1, 0.15) is 5.56 Å². The van der Waals surface area contributed by atoms with Crippen LogP contribution in [0.5, 0.6) is 5.75 Å². The Kier molecular flexibility index (Phi) is 3.10. The van der Waals surface area contributed by atoms with Crippen molar-refractivity contribution in [3.8, 4) is 11.4 Å². The Morgan fingerprint density at radius 3 is 2.91 bits per heavy atom. The minimum atomic E-state index is -0.164. The van der Waals surface area contributed by atoms with E-state index < -0.39 is 0 Å². The summed E-state index contributed by atoms with van der Waals surface area (Å²) in [4.78, 5) is 17.2. The van der Waals surface area contributed by atoms with Crippen LogP contribution in [0.4, 0.5) is 0 Å². The predicted octanol–water partition coefficient (Wildman–Crippen LogP) is 3.63. The van der Waals surface area contributed by atoms with Crippen LogP contribution in [0, 0.1) is 0 Å². The molecule has 0 aliphatic carbocycles. The zero-order chi connectivity index (χ0) is 15.3. The second-order valence-corrected chi connectivity index (χ2v) is 5.78. The van der Waals surface area contributed by atoms with Crippen molar-refractivity contribution in [2.24, 2.45) is 0 Å². The van der Waals surface area contributed by atoms with E-state index in [4.69, 9.17) is 27.9 Å². The quantitative estimate of drug-likeness (QED) is 0.683. The van der Waals surface area contributed by atoms with E-state index in [1.54, 1.807) is 24.4 Å². The van der Waals surface area contributed by atoms with Crippen LogP contribution >= 0.6 is 23.2 Å². The molecule has 0 saturated heterocycles. The number of hydrogen-bond acceptors (Lipinski definition) is 3. The Morgan fingerprint density at radius 1 is 1.18 bits per heavy atom. The van der Waals surface area contributed by atoms with Gasteiger partial charge >= 0.3 is 0 Å². The second kappa shape index (κ2) is 5.00. The smallest absolute Gasteiger partial charge is 0.263 e. The normalized spacial score (nSPS) is 13.2. The van der Waals surface area contributed by atoms with Gasteiger partial charge in [-0.3, -0.25) is 9.36 Å². The highest BCUT2D eigenvalue weighted by Crippen LogP contribution is 2.34. The fourth-order valence-corrected chi connectivity index (χ4v) is 3.15. The SMILES string of the molecule is O=c1c2c(c3cccnc3n1-c1cccc(Cl)c1Cl)OCC2. The fraction of sp³-hybridized carbons (Fsp3) is 0.125. The summed E-state index contributed by atoms with van der Waals surface area (Å²) in [7, 11) is 0. The van der Waals surface area contributed by atoms with Gasteiger partial charge in [-0.25, -0.2) is 4.98 Å². The standard InChI is InChI=1S/C16H10Cl2N2O2/c17-11-4-1-5-12(13(11)18)20-15-9(3-2-7-19-15)14-10(16(20)21)6-8-22-14/h1-5,7H,6,8H2. The summed E-state index contributed by atoms with van der Waals surface area (Å²) >= 11 is 12.4. The summed E-state index contributed by atoms with van der Waals surface area (Å²) in [5.41, 5.74) is 1.52. The third kappa shape index (κ3) is 1.84. The molecule has 1 aliphatic heterocycles. The molecule has 0 spiro atoms. The Hall–Kier alpha value is -2.04. The molecule has 4 nitrogen and oxygen atoms in total. The van der Waals surface area contributed by atoms with E-state index in [0.717, 1.165) is 5.39 Å². The fourth-order valence-electron chi connectivity index (χ4n) is 2.77. The van der Waals surface area contributed by atoms with Crippen molar-refractivity contribution in [1.29, 1.82) is 0 Å². The topological polar surface area (TPSA) is 44.1 Å². The number of nitrogens with zero attached hydrogens (tertiary/aromatic N) is 2. The molecule has 110 valence electrons. The summed E-state index contributed by atoms with van der Waals surface area (Å²) in [5, 5.41) is 1.52. The predicted molar refractivity (Wildman–Crippen MR) is 86.6 cm³/mol. The summed E-state index contributed by atoms with van der Waals surface area (Å²) in [5.74, 6) is 0.627. The molecule has 1 aliphatic rings. The van der Waals surface area contributed by atoms with E-state index >= 15 is 0 Å². The third-order valence-corrected chi connectivity index (χ3v) is 4.56. The highest BCUT2D eigenvalue weighted by molar-refractivity contribution is 6.43. The van der Waals surface area contributed by atoms with Gasteiger partial charge in [-0.05, 0) is 24.3 Å². The van der Waals surface area contributed by atoms with E-state index in [0.29, 0.717) is 45.7 Å². The van der Waals surface area contributed by atoms with E-state index in [1.807, 2.05) is 12.1 Å². The number of rotatable bonds is 1. The summed E-state index contributed by atoms with van der Waals surface area (Å²) in [6.07, 6.45) is 2.22. The van der Waals surface area contributed by atoms with Gasteiger partial charge in [-0.2, -0.15) is 0 Å². The maximum absolute atomic E-state index is 12.9. The summed E-state index contributed by atoms with van der Waals surface area (Å²) < 4.78 is 7.14. The molecule has 1 aromatic carbocycles. The summed E-state index contributed by atoms with van der Waals surface area (Å²) in [6, 6.07) is 8.91. The van der Waals surface area contributed by atoms with Crippen molar-refractivity contribution in [2.45, 2.75) is 6.42 Å². The van der Waals surface area contributed by atoms with Gasteiger partial charge in [0.05, 0.1) is 33.3 Å². The first-order valence-electron chi connectivity index (χ1n) is 6.78. The minimum Gasteiger partial charge on any atom is -0.492 e. The lowest BCUT2D eigenvalue weighted by atomic mass is 10.1. The minimum absolute atomic E-state index is 0.164. The molecule has 22 heavy (non-hydrogen) atoms. The van der Waals surface area contributed by atoms with Gasteiger partial charge in [0, 0.05) is 12.6 Å². The number of aromatic nitrogens is 2. The lowest BCUT2D eigenvalue weighted by Crippen LogP contribution is -2.22.